The number of rotatable bonds is 5. The van der Waals surface area contributed by atoms with E-state index < -0.39 is 29.8 Å². The highest BCUT2D eigenvalue weighted by Crippen LogP contribution is 2.49. The Labute approximate surface area is 213 Å². The van der Waals surface area contributed by atoms with E-state index in [9.17, 15) is 19.2 Å². The van der Waals surface area contributed by atoms with Gasteiger partial charge in [-0.1, -0.05) is 30.4 Å². The number of imide groups is 1. The number of ether oxygens (including phenoxy) is 1. The summed E-state index contributed by atoms with van der Waals surface area (Å²) >= 11 is 0. The number of carbonyl (C=O) groups excluding carboxylic acids is 4. The van der Waals surface area contributed by atoms with Gasteiger partial charge in [0.15, 0.2) is 11.6 Å². The third-order valence-electron chi connectivity index (χ3n) is 7.59. The Kier molecular flexibility index (Phi) is 5.30. The van der Waals surface area contributed by atoms with Crippen LogP contribution in [0.2, 0.25) is 0 Å². The molecular weight excluding hydrogens is 468 g/mol. The third kappa shape index (κ3) is 3.42. The fourth-order valence-corrected chi connectivity index (χ4v) is 5.84. The molecule has 3 aromatic carbocycles. The third-order valence-corrected chi connectivity index (χ3v) is 7.59. The molecular formula is C30H24N2O5. The summed E-state index contributed by atoms with van der Waals surface area (Å²) in [7, 11) is 1.56. The molecule has 0 aliphatic carbocycles. The molecule has 7 nitrogen and oxygen atoms in total. The van der Waals surface area contributed by atoms with Crippen molar-refractivity contribution in [3.05, 3.63) is 95.6 Å². The van der Waals surface area contributed by atoms with E-state index in [0.29, 0.717) is 22.6 Å². The largest absolute Gasteiger partial charge is 0.497 e. The van der Waals surface area contributed by atoms with Gasteiger partial charge in [-0.25, -0.2) is 4.90 Å². The van der Waals surface area contributed by atoms with Gasteiger partial charge in [0.1, 0.15) is 11.8 Å². The molecule has 0 N–H and O–H groups in total. The molecule has 0 aromatic heterocycles. The molecule has 6 rings (SSSR count). The lowest BCUT2D eigenvalue weighted by molar-refractivity contribution is -0.122. The first-order valence-corrected chi connectivity index (χ1v) is 12.1. The Morgan fingerprint density at radius 3 is 2.14 bits per heavy atom. The number of fused-ring (bicyclic) bond motifs is 5. The molecule has 3 aliphatic heterocycles. The lowest BCUT2D eigenvalue weighted by atomic mass is 9.86. The molecule has 2 saturated heterocycles. The molecule has 0 bridgehead atoms. The van der Waals surface area contributed by atoms with Crippen molar-refractivity contribution in [2.24, 2.45) is 11.8 Å². The van der Waals surface area contributed by atoms with Gasteiger partial charge < -0.3 is 9.64 Å². The van der Waals surface area contributed by atoms with Crippen LogP contribution in [0.4, 0.5) is 11.4 Å². The topological polar surface area (TPSA) is 84.0 Å². The van der Waals surface area contributed by atoms with Crippen LogP contribution in [0, 0.1) is 11.8 Å². The van der Waals surface area contributed by atoms with Gasteiger partial charge in [0.05, 0.1) is 30.7 Å². The maximum atomic E-state index is 14.0. The van der Waals surface area contributed by atoms with Crippen LogP contribution in [0.1, 0.15) is 33.2 Å². The van der Waals surface area contributed by atoms with Gasteiger partial charge in [0.25, 0.3) is 0 Å². The zero-order valence-corrected chi connectivity index (χ0v) is 20.3. The predicted molar refractivity (Wildman–Crippen MR) is 139 cm³/mol. The molecule has 0 saturated carbocycles. The first-order chi connectivity index (χ1) is 17.9. The first-order valence-electron chi connectivity index (χ1n) is 12.1. The van der Waals surface area contributed by atoms with E-state index in [4.69, 9.17) is 4.74 Å². The Bertz CT molecular complexity index is 1470. The number of para-hydroxylation sites is 1. The van der Waals surface area contributed by atoms with Crippen LogP contribution in [0.5, 0.6) is 5.75 Å². The van der Waals surface area contributed by atoms with Gasteiger partial charge in [-0.2, -0.15) is 0 Å². The minimum atomic E-state index is -0.854. The number of amides is 2. The Morgan fingerprint density at radius 1 is 0.811 bits per heavy atom. The normalized spacial score (nSPS) is 23.5. The maximum absolute atomic E-state index is 14.0. The van der Waals surface area contributed by atoms with Crippen LogP contribution >= 0.6 is 0 Å². The van der Waals surface area contributed by atoms with Crippen molar-refractivity contribution < 1.29 is 23.9 Å². The highest BCUT2D eigenvalue weighted by molar-refractivity contribution is 6.25. The molecule has 4 atom stereocenters. The van der Waals surface area contributed by atoms with Crippen molar-refractivity contribution in [1.82, 2.24) is 0 Å². The van der Waals surface area contributed by atoms with E-state index in [-0.39, 0.29) is 17.5 Å². The van der Waals surface area contributed by atoms with Crippen LogP contribution in [0.3, 0.4) is 0 Å². The fraction of sp³-hybridized carbons (Fsp3) is 0.200. The number of ketones is 2. The minimum Gasteiger partial charge on any atom is -0.497 e. The van der Waals surface area contributed by atoms with Gasteiger partial charge in [-0.3, -0.25) is 19.2 Å². The molecule has 3 aliphatic rings. The second-order valence-corrected chi connectivity index (χ2v) is 9.52. The molecule has 184 valence electrons. The van der Waals surface area contributed by atoms with Gasteiger partial charge in [0, 0.05) is 16.8 Å². The molecule has 0 radical (unpaired) electrons. The van der Waals surface area contributed by atoms with Gasteiger partial charge in [-0.05, 0) is 67.1 Å². The van der Waals surface area contributed by atoms with Crippen LogP contribution in [-0.4, -0.2) is 42.6 Å². The van der Waals surface area contributed by atoms with Crippen LogP contribution in [0.15, 0.2) is 78.9 Å². The average molecular weight is 493 g/mol. The number of hydrogen-bond donors (Lipinski definition) is 0. The zero-order chi connectivity index (χ0) is 25.8. The van der Waals surface area contributed by atoms with E-state index in [1.54, 1.807) is 55.6 Å². The summed E-state index contributed by atoms with van der Waals surface area (Å²) in [5.74, 6) is -2.01. The van der Waals surface area contributed by atoms with Crippen molar-refractivity contribution in [3.63, 3.8) is 0 Å². The molecule has 3 heterocycles. The summed E-state index contributed by atoms with van der Waals surface area (Å²) in [6.45, 7) is 1.46. The number of hydrogen-bond acceptors (Lipinski definition) is 6. The highest BCUT2D eigenvalue weighted by Gasteiger charge is 2.64. The summed E-state index contributed by atoms with van der Waals surface area (Å²) in [5, 5.41) is 0. The molecule has 37 heavy (non-hydrogen) atoms. The molecule has 3 aromatic rings. The summed E-state index contributed by atoms with van der Waals surface area (Å²) in [5.41, 5.74) is 3.10. The molecule has 2 amide bonds. The van der Waals surface area contributed by atoms with Gasteiger partial charge >= 0.3 is 0 Å². The minimum absolute atomic E-state index is 0.103. The van der Waals surface area contributed by atoms with Crippen LogP contribution in [0.25, 0.3) is 6.08 Å². The van der Waals surface area contributed by atoms with E-state index in [0.717, 1.165) is 11.3 Å². The number of carbonyl (C=O) groups is 4. The second kappa shape index (κ2) is 8.55. The van der Waals surface area contributed by atoms with E-state index in [1.807, 2.05) is 41.3 Å². The maximum Gasteiger partial charge on any atom is 0.240 e. The van der Waals surface area contributed by atoms with E-state index in [1.165, 1.54) is 11.8 Å². The summed E-state index contributed by atoms with van der Waals surface area (Å²) in [6, 6.07) is 19.6. The highest BCUT2D eigenvalue weighted by atomic mass is 16.5. The molecule has 0 unspecified atom stereocenters. The first kappa shape index (κ1) is 22.9. The Hall–Kier alpha value is -4.52. The van der Waals surface area contributed by atoms with Crippen LogP contribution < -0.4 is 14.5 Å². The summed E-state index contributed by atoms with van der Waals surface area (Å²) in [4.78, 5) is 56.6. The number of Topliss-reactive ketones (excluding diaryl/α,β-unsaturated/α-hetero) is 2. The number of benzene rings is 3. The van der Waals surface area contributed by atoms with Gasteiger partial charge in [-0.15, -0.1) is 0 Å². The Balaban J connectivity index is 1.45. The second-order valence-electron chi connectivity index (χ2n) is 9.52. The number of methoxy groups -OCH3 is 1. The molecule has 7 heteroatoms. The predicted octanol–water partition coefficient (Wildman–Crippen LogP) is 4.17. The van der Waals surface area contributed by atoms with E-state index >= 15 is 0 Å². The van der Waals surface area contributed by atoms with Crippen molar-refractivity contribution in [1.29, 1.82) is 0 Å². The fourth-order valence-electron chi connectivity index (χ4n) is 5.84. The van der Waals surface area contributed by atoms with Crippen LogP contribution in [-0.2, 0) is 9.59 Å². The Morgan fingerprint density at radius 2 is 1.46 bits per heavy atom. The zero-order valence-electron chi connectivity index (χ0n) is 20.3. The quantitative estimate of drug-likeness (QED) is 0.393. The lowest BCUT2D eigenvalue weighted by Crippen LogP contribution is -2.48. The number of anilines is 2. The van der Waals surface area contributed by atoms with Crippen molar-refractivity contribution >= 4 is 40.8 Å². The lowest BCUT2D eigenvalue weighted by Gasteiger charge is -2.36. The summed E-state index contributed by atoms with van der Waals surface area (Å²) in [6.07, 6.45) is 3.88. The smallest absolute Gasteiger partial charge is 0.240 e. The monoisotopic (exact) mass is 492 g/mol. The van der Waals surface area contributed by atoms with Gasteiger partial charge in [0.2, 0.25) is 11.8 Å². The number of nitrogens with zero attached hydrogens (tertiary/aromatic N) is 2. The van der Waals surface area contributed by atoms with Crippen molar-refractivity contribution in [2.75, 3.05) is 16.9 Å². The van der Waals surface area contributed by atoms with E-state index in [2.05, 4.69) is 0 Å². The van der Waals surface area contributed by atoms with Crippen molar-refractivity contribution in [3.8, 4) is 5.75 Å². The van der Waals surface area contributed by atoms with Crippen molar-refractivity contribution in [2.45, 2.75) is 19.0 Å². The molecule has 2 fully saturated rings. The molecule has 0 spiro atoms. The summed E-state index contributed by atoms with van der Waals surface area (Å²) < 4.78 is 5.24. The SMILES string of the molecule is COc1ccc(C(=O)[C@@H]2[C@@H]3C(=O)N(c4ccc(C(C)=O)cc4)C(=O)[C@@H]3[C@H]3C=Cc4ccccc4N32)cc1. The average Bonchev–Trinajstić information content (AvgIpc) is 3.41. The standard InChI is InChI=1S/C30H24N2O5/c1-17(33)18-7-12-21(13-8-18)31-29(35)25-24-16-11-19-5-3-4-6-23(19)32(24)27(26(25)30(31)36)28(34)20-9-14-22(37-2)15-10-20/h3-16,24-27H,1-2H3/t24-,25-,26-,27+/m1/s1.